The molecule has 1 aliphatic carbocycles. The third-order valence-electron chi connectivity index (χ3n) is 2.80. The molecule has 3 heteroatoms. The molecule has 0 saturated heterocycles. The smallest absolute Gasteiger partial charge is 0.0591 e. The monoisotopic (exact) mass is 200 g/mol. The fourth-order valence-corrected chi connectivity index (χ4v) is 2.00. The zero-order valence-electron chi connectivity index (χ0n) is 9.13. The van der Waals surface area contributed by atoms with Gasteiger partial charge in [0.15, 0.2) is 0 Å². The van der Waals surface area contributed by atoms with Crippen molar-refractivity contribution in [1.82, 2.24) is 5.32 Å². The summed E-state index contributed by atoms with van der Waals surface area (Å²) in [6.07, 6.45) is 8.31. The summed E-state index contributed by atoms with van der Waals surface area (Å²) < 4.78 is 5.32. The lowest BCUT2D eigenvalue weighted by atomic mass is 10.1. The van der Waals surface area contributed by atoms with Crippen molar-refractivity contribution in [1.29, 1.82) is 0 Å². The lowest BCUT2D eigenvalue weighted by Gasteiger charge is -2.15. The number of nitrogens with two attached hydrogens (primary N) is 1. The van der Waals surface area contributed by atoms with Crippen LogP contribution < -0.4 is 11.1 Å². The summed E-state index contributed by atoms with van der Waals surface area (Å²) in [5, 5.41) is 3.55. The van der Waals surface area contributed by atoms with E-state index in [0.717, 1.165) is 19.2 Å². The summed E-state index contributed by atoms with van der Waals surface area (Å²) in [5.74, 6) is 0. The maximum absolute atomic E-state index is 5.33. The van der Waals surface area contributed by atoms with Crippen LogP contribution in [0.4, 0.5) is 0 Å². The van der Waals surface area contributed by atoms with Crippen LogP contribution >= 0.6 is 0 Å². The van der Waals surface area contributed by atoms with Gasteiger partial charge in [0.1, 0.15) is 0 Å². The van der Waals surface area contributed by atoms with Crippen LogP contribution in [0, 0.1) is 0 Å². The molecular formula is C11H24N2O. The molecular weight excluding hydrogens is 176 g/mol. The van der Waals surface area contributed by atoms with Crippen molar-refractivity contribution in [2.24, 2.45) is 5.73 Å². The Kier molecular flexibility index (Phi) is 7.01. The molecule has 14 heavy (non-hydrogen) atoms. The predicted molar refractivity (Wildman–Crippen MR) is 59.4 cm³/mol. The summed E-state index contributed by atoms with van der Waals surface area (Å²) in [7, 11) is 0. The normalized spacial score (nSPS) is 19.5. The van der Waals surface area contributed by atoms with E-state index in [4.69, 9.17) is 10.5 Å². The molecule has 0 radical (unpaired) electrons. The van der Waals surface area contributed by atoms with E-state index in [-0.39, 0.29) is 0 Å². The van der Waals surface area contributed by atoms with Gasteiger partial charge >= 0.3 is 0 Å². The number of hydrogen-bond acceptors (Lipinski definition) is 3. The van der Waals surface area contributed by atoms with Crippen molar-refractivity contribution in [2.45, 2.75) is 44.6 Å². The van der Waals surface area contributed by atoms with E-state index in [9.17, 15) is 0 Å². The highest BCUT2D eigenvalue weighted by atomic mass is 16.5. The van der Waals surface area contributed by atoms with Crippen LogP contribution in [0.25, 0.3) is 0 Å². The van der Waals surface area contributed by atoms with E-state index < -0.39 is 0 Å². The summed E-state index contributed by atoms with van der Waals surface area (Å²) in [6.45, 7) is 3.09. The van der Waals surface area contributed by atoms with E-state index in [0.29, 0.717) is 13.2 Å². The minimum absolute atomic E-state index is 0.628. The van der Waals surface area contributed by atoms with Crippen LogP contribution in [0.1, 0.15) is 38.5 Å². The molecule has 0 aromatic rings. The van der Waals surface area contributed by atoms with E-state index in [2.05, 4.69) is 5.32 Å². The highest BCUT2D eigenvalue weighted by Gasteiger charge is 2.10. The van der Waals surface area contributed by atoms with E-state index >= 15 is 0 Å². The molecule has 3 N–H and O–H groups in total. The van der Waals surface area contributed by atoms with Crippen LogP contribution in [0.3, 0.4) is 0 Å². The Labute approximate surface area is 87.4 Å². The molecule has 1 saturated carbocycles. The molecule has 1 fully saturated rings. The van der Waals surface area contributed by atoms with Gasteiger partial charge in [0, 0.05) is 19.1 Å². The molecule has 0 amide bonds. The van der Waals surface area contributed by atoms with Crippen LogP contribution in [-0.4, -0.2) is 32.3 Å². The zero-order chi connectivity index (χ0) is 10.1. The number of hydrogen-bond donors (Lipinski definition) is 2. The second-order valence-corrected chi connectivity index (χ2v) is 4.04. The van der Waals surface area contributed by atoms with Gasteiger partial charge in [0.25, 0.3) is 0 Å². The first-order valence-electron chi connectivity index (χ1n) is 5.94. The van der Waals surface area contributed by atoms with Crippen LogP contribution in [0.5, 0.6) is 0 Å². The Bertz CT molecular complexity index is 122. The van der Waals surface area contributed by atoms with Gasteiger partial charge in [-0.25, -0.2) is 0 Å². The fraction of sp³-hybridized carbons (Fsp3) is 1.00. The molecule has 0 bridgehead atoms. The Morgan fingerprint density at radius 3 is 2.43 bits per heavy atom. The third kappa shape index (κ3) is 5.58. The summed E-state index contributed by atoms with van der Waals surface area (Å²) in [4.78, 5) is 0. The molecule has 0 unspecified atom stereocenters. The molecule has 84 valence electrons. The highest BCUT2D eigenvalue weighted by Crippen LogP contribution is 2.16. The lowest BCUT2D eigenvalue weighted by molar-refractivity contribution is 0.140. The minimum Gasteiger partial charge on any atom is -0.379 e. The Morgan fingerprint density at radius 2 is 1.79 bits per heavy atom. The number of rotatable bonds is 6. The Hall–Kier alpha value is -0.120. The summed E-state index contributed by atoms with van der Waals surface area (Å²) >= 11 is 0. The minimum atomic E-state index is 0.628. The molecule has 0 spiro atoms. The summed E-state index contributed by atoms with van der Waals surface area (Å²) in [6, 6.07) is 0.735. The first kappa shape index (κ1) is 12.0. The predicted octanol–water partition coefficient (Wildman–Crippen LogP) is 1.27. The highest BCUT2D eigenvalue weighted by molar-refractivity contribution is 4.70. The van der Waals surface area contributed by atoms with Crippen molar-refractivity contribution in [3.63, 3.8) is 0 Å². The fourth-order valence-electron chi connectivity index (χ4n) is 2.00. The number of nitrogens with one attached hydrogen (secondary N) is 1. The lowest BCUT2D eigenvalue weighted by Crippen LogP contribution is -2.31. The first-order chi connectivity index (χ1) is 6.93. The van der Waals surface area contributed by atoms with E-state index in [1.54, 1.807) is 0 Å². The largest absolute Gasteiger partial charge is 0.379 e. The molecule has 3 nitrogen and oxygen atoms in total. The van der Waals surface area contributed by atoms with Gasteiger partial charge in [-0.1, -0.05) is 25.7 Å². The van der Waals surface area contributed by atoms with Crippen LogP contribution in [0.15, 0.2) is 0 Å². The second kappa shape index (κ2) is 8.21. The van der Waals surface area contributed by atoms with Gasteiger partial charge in [-0.15, -0.1) is 0 Å². The van der Waals surface area contributed by atoms with Crippen molar-refractivity contribution in [3.05, 3.63) is 0 Å². The van der Waals surface area contributed by atoms with Crippen molar-refractivity contribution in [3.8, 4) is 0 Å². The number of ether oxygens (including phenoxy) is 1. The van der Waals surface area contributed by atoms with Crippen molar-refractivity contribution >= 4 is 0 Å². The molecule has 0 heterocycles. The molecule has 0 aromatic carbocycles. The van der Waals surface area contributed by atoms with Gasteiger partial charge < -0.3 is 15.8 Å². The Morgan fingerprint density at radius 1 is 1.07 bits per heavy atom. The van der Waals surface area contributed by atoms with Gasteiger partial charge in [0.05, 0.1) is 13.2 Å². The second-order valence-electron chi connectivity index (χ2n) is 4.04. The topological polar surface area (TPSA) is 47.3 Å². The van der Waals surface area contributed by atoms with Gasteiger partial charge in [0.2, 0.25) is 0 Å². The maximum atomic E-state index is 5.33. The van der Waals surface area contributed by atoms with Crippen LogP contribution in [-0.2, 0) is 4.74 Å². The van der Waals surface area contributed by atoms with Crippen molar-refractivity contribution < 1.29 is 4.74 Å². The standard InChI is InChI=1S/C11H24N2O/c12-7-9-14-10-8-13-11-5-3-1-2-4-6-11/h11,13H,1-10,12H2. The van der Waals surface area contributed by atoms with E-state index in [1.165, 1.54) is 38.5 Å². The average Bonchev–Trinajstić information content (AvgIpc) is 2.46. The molecule has 0 atom stereocenters. The van der Waals surface area contributed by atoms with Crippen molar-refractivity contribution in [2.75, 3.05) is 26.3 Å². The quantitative estimate of drug-likeness (QED) is 0.501. The zero-order valence-corrected chi connectivity index (χ0v) is 9.13. The maximum Gasteiger partial charge on any atom is 0.0591 e. The third-order valence-corrected chi connectivity index (χ3v) is 2.80. The van der Waals surface area contributed by atoms with Gasteiger partial charge in [-0.2, -0.15) is 0 Å². The molecule has 1 aliphatic rings. The van der Waals surface area contributed by atoms with Crippen LogP contribution in [0.2, 0.25) is 0 Å². The van der Waals surface area contributed by atoms with E-state index in [1.807, 2.05) is 0 Å². The van der Waals surface area contributed by atoms with Gasteiger partial charge in [-0.05, 0) is 12.8 Å². The SMILES string of the molecule is NCCOCCNC1CCCCCC1. The van der Waals surface area contributed by atoms with Gasteiger partial charge in [-0.3, -0.25) is 0 Å². The first-order valence-corrected chi connectivity index (χ1v) is 5.94. The summed E-state index contributed by atoms with van der Waals surface area (Å²) in [5.41, 5.74) is 5.33. The molecule has 0 aliphatic heterocycles. The average molecular weight is 200 g/mol. The molecule has 1 rings (SSSR count). The molecule has 0 aromatic heterocycles. The Balaban J connectivity index is 1.93.